The van der Waals surface area contributed by atoms with Crippen LogP contribution < -0.4 is 10.2 Å². The molecule has 22 heavy (non-hydrogen) atoms. The van der Waals surface area contributed by atoms with Gasteiger partial charge in [0.15, 0.2) is 0 Å². The van der Waals surface area contributed by atoms with Crippen molar-refractivity contribution in [3.8, 4) is 0 Å². The Kier molecular flexibility index (Phi) is 5.78. The molecule has 1 aromatic carbocycles. The monoisotopic (exact) mass is 327 g/mol. The van der Waals surface area contributed by atoms with Crippen LogP contribution in [0.3, 0.4) is 0 Å². The lowest BCUT2D eigenvalue weighted by atomic mass is 10.0. The smallest absolute Gasteiger partial charge is 0.244 e. The van der Waals surface area contributed by atoms with Gasteiger partial charge in [0.1, 0.15) is 5.82 Å². The van der Waals surface area contributed by atoms with Crippen LogP contribution in [-0.2, 0) is 4.79 Å². The standard InChI is InChI=1S/C16H22FN3O.ClH/c1-18-12-5-4-9-19(11-12)15-8-10-20(16(15)21)14-7-3-2-6-13(14)17;/h2-3,6-7,12,15,18H,4-5,8-11H2,1H3;1H. The van der Waals surface area contributed by atoms with E-state index in [2.05, 4.69) is 10.2 Å². The van der Waals surface area contributed by atoms with Crippen molar-refractivity contribution < 1.29 is 9.18 Å². The molecule has 0 radical (unpaired) electrons. The predicted molar refractivity (Wildman–Crippen MR) is 88.1 cm³/mol. The maximum absolute atomic E-state index is 13.9. The highest BCUT2D eigenvalue weighted by atomic mass is 35.5. The molecule has 0 saturated carbocycles. The summed E-state index contributed by atoms with van der Waals surface area (Å²) in [6, 6.07) is 6.88. The molecule has 2 aliphatic rings. The van der Waals surface area contributed by atoms with Gasteiger partial charge in [0.05, 0.1) is 11.7 Å². The number of likely N-dealkylation sites (N-methyl/N-ethyl adjacent to an activating group) is 1. The van der Waals surface area contributed by atoms with E-state index in [1.165, 1.54) is 6.07 Å². The number of amides is 1. The number of anilines is 1. The van der Waals surface area contributed by atoms with Crippen molar-refractivity contribution >= 4 is 24.0 Å². The number of hydrogen-bond donors (Lipinski definition) is 1. The SMILES string of the molecule is CNC1CCCN(C2CCN(c3ccccc3F)C2=O)C1.Cl. The Morgan fingerprint density at radius 1 is 1.23 bits per heavy atom. The Bertz CT molecular complexity index is 528. The van der Waals surface area contributed by atoms with Gasteiger partial charge in [-0.1, -0.05) is 12.1 Å². The first-order chi connectivity index (χ1) is 10.2. The molecular weight excluding hydrogens is 305 g/mol. The number of piperidine rings is 1. The van der Waals surface area contributed by atoms with Crippen LogP contribution in [0.25, 0.3) is 0 Å². The molecule has 2 saturated heterocycles. The first-order valence-corrected chi connectivity index (χ1v) is 7.68. The molecule has 122 valence electrons. The number of nitrogens with zero attached hydrogens (tertiary/aromatic N) is 2. The lowest BCUT2D eigenvalue weighted by Crippen LogP contribution is -2.51. The molecule has 2 fully saturated rings. The molecule has 2 unspecified atom stereocenters. The molecule has 0 bridgehead atoms. The summed E-state index contributed by atoms with van der Waals surface area (Å²) < 4.78 is 13.9. The van der Waals surface area contributed by atoms with Crippen LogP contribution >= 0.6 is 12.4 Å². The molecule has 2 heterocycles. The van der Waals surface area contributed by atoms with Gasteiger partial charge >= 0.3 is 0 Å². The second kappa shape index (κ2) is 7.40. The summed E-state index contributed by atoms with van der Waals surface area (Å²) in [4.78, 5) is 16.5. The van der Waals surface area contributed by atoms with Gasteiger partial charge in [-0.15, -0.1) is 12.4 Å². The van der Waals surface area contributed by atoms with Gasteiger partial charge in [0.2, 0.25) is 5.91 Å². The van der Waals surface area contributed by atoms with E-state index in [9.17, 15) is 9.18 Å². The van der Waals surface area contributed by atoms with E-state index >= 15 is 0 Å². The first-order valence-electron chi connectivity index (χ1n) is 7.68. The second-order valence-corrected chi connectivity index (χ2v) is 5.87. The van der Waals surface area contributed by atoms with Crippen molar-refractivity contribution in [2.75, 3.05) is 31.6 Å². The third-order valence-electron chi connectivity index (χ3n) is 4.62. The highest BCUT2D eigenvalue weighted by Crippen LogP contribution is 2.28. The highest BCUT2D eigenvalue weighted by molar-refractivity contribution is 5.99. The van der Waals surface area contributed by atoms with E-state index in [4.69, 9.17) is 0 Å². The fraction of sp³-hybridized carbons (Fsp3) is 0.562. The number of para-hydroxylation sites is 1. The summed E-state index contributed by atoms with van der Waals surface area (Å²) in [7, 11) is 1.97. The van der Waals surface area contributed by atoms with Gasteiger partial charge in [-0.2, -0.15) is 0 Å². The van der Waals surface area contributed by atoms with Crippen molar-refractivity contribution in [1.29, 1.82) is 0 Å². The number of rotatable bonds is 3. The molecular formula is C16H23ClFN3O. The second-order valence-electron chi connectivity index (χ2n) is 5.87. The van der Waals surface area contributed by atoms with E-state index in [0.717, 1.165) is 32.4 Å². The predicted octanol–water partition coefficient (Wildman–Crippen LogP) is 2.04. The topological polar surface area (TPSA) is 35.6 Å². The number of likely N-dealkylation sites (tertiary alicyclic amines) is 1. The zero-order chi connectivity index (χ0) is 14.8. The fourth-order valence-corrected chi connectivity index (χ4v) is 3.44. The van der Waals surface area contributed by atoms with E-state index in [0.29, 0.717) is 18.3 Å². The number of nitrogens with one attached hydrogen (secondary N) is 1. The molecule has 2 atom stereocenters. The molecule has 1 N–H and O–H groups in total. The van der Waals surface area contributed by atoms with Crippen molar-refractivity contribution in [2.24, 2.45) is 0 Å². The molecule has 0 aliphatic carbocycles. The van der Waals surface area contributed by atoms with Crippen molar-refractivity contribution in [3.05, 3.63) is 30.1 Å². The number of halogens is 2. The van der Waals surface area contributed by atoms with Crippen LogP contribution in [0.2, 0.25) is 0 Å². The summed E-state index contributed by atoms with van der Waals surface area (Å²) >= 11 is 0. The van der Waals surface area contributed by atoms with Gasteiger partial charge in [-0.25, -0.2) is 4.39 Å². The minimum atomic E-state index is -0.321. The fourth-order valence-electron chi connectivity index (χ4n) is 3.44. The molecule has 3 rings (SSSR count). The lowest BCUT2D eigenvalue weighted by Gasteiger charge is -2.35. The number of carbonyl (C=O) groups is 1. The number of hydrogen-bond acceptors (Lipinski definition) is 3. The van der Waals surface area contributed by atoms with Crippen LogP contribution in [0, 0.1) is 5.82 Å². The van der Waals surface area contributed by atoms with E-state index in [1.54, 1.807) is 23.1 Å². The molecule has 2 aliphatic heterocycles. The Hall–Kier alpha value is -1.17. The molecule has 6 heteroatoms. The Morgan fingerprint density at radius 3 is 2.73 bits per heavy atom. The summed E-state index contributed by atoms with van der Waals surface area (Å²) in [5, 5.41) is 3.30. The van der Waals surface area contributed by atoms with Gasteiger partial charge < -0.3 is 10.2 Å². The maximum Gasteiger partial charge on any atom is 0.244 e. The van der Waals surface area contributed by atoms with E-state index < -0.39 is 0 Å². The maximum atomic E-state index is 13.9. The average molecular weight is 328 g/mol. The van der Waals surface area contributed by atoms with Crippen molar-refractivity contribution in [3.63, 3.8) is 0 Å². The van der Waals surface area contributed by atoms with Gasteiger partial charge in [-0.05, 0) is 45.0 Å². The molecule has 0 aromatic heterocycles. The summed E-state index contributed by atoms with van der Waals surface area (Å²) in [6.45, 7) is 2.46. The average Bonchev–Trinajstić information content (AvgIpc) is 2.89. The quantitative estimate of drug-likeness (QED) is 0.923. The Labute approximate surface area is 137 Å². The number of benzene rings is 1. The summed E-state index contributed by atoms with van der Waals surface area (Å²) in [5.41, 5.74) is 0.409. The minimum absolute atomic E-state index is 0. The van der Waals surface area contributed by atoms with Gasteiger partial charge in [0, 0.05) is 19.1 Å². The third kappa shape index (κ3) is 3.26. The Morgan fingerprint density at radius 2 is 2.00 bits per heavy atom. The zero-order valence-corrected chi connectivity index (χ0v) is 13.6. The largest absolute Gasteiger partial charge is 0.316 e. The van der Waals surface area contributed by atoms with Crippen LogP contribution in [-0.4, -0.2) is 49.6 Å². The van der Waals surface area contributed by atoms with Crippen LogP contribution in [0.4, 0.5) is 10.1 Å². The Balaban J connectivity index is 0.00000176. The molecule has 4 nitrogen and oxygen atoms in total. The van der Waals surface area contributed by atoms with Crippen molar-refractivity contribution in [2.45, 2.75) is 31.3 Å². The highest BCUT2D eigenvalue weighted by Gasteiger charge is 2.38. The summed E-state index contributed by atoms with van der Waals surface area (Å²) in [5.74, 6) is -0.282. The molecule has 1 amide bonds. The van der Waals surface area contributed by atoms with Gasteiger partial charge in [-0.3, -0.25) is 9.69 Å². The van der Waals surface area contributed by atoms with Crippen LogP contribution in [0.5, 0.6) is 0 Å². The normalized spacial score (nSPS) is 26.1. The van der Waals surface area contributed by atoms with E-state index in [1.807, 2.05) is 7.05 Å². The van der Waals surface area contributed by atoms with Crippen LogP contribution in [0.15, 0.2) is 24.3 Å². The van der Waals surface area contributed by atoms with E-state index in [-0.39, 0.29) is 30.2 Å². The first kappa shape index (κ1) is 17.2. The van der Waals surface area contributed by atoms with Crippen LogP contribution in [0.1, 0.15) is 19.3 Å². The lowest BCUT2D eigenvalue weighted by molar-refractivity contribution is -0.122. The third-order valence-corrected chi connectivity index (χ3v) is 4.62. The number of carbonyl (C=O) groups excluding carboxylic acids is 1. The van der Waals surface area contributed by atoms with Crippen molar-refractivity contribution in [1.82, 2.24) is 10.2 Å². The zero-order valence-electron chi connectivity index (χ0n) is 12.8. The molecule has 0 spiro atoms. The summed E-state index contributed by atoms with van der Waals surface area (Å²) in [6.07, 6.45) is 3.05. The molecule has 1 aromatic rings. The van der Waals surface area contributed by atoms with Gasteiger partial charge in [0.25, 0.3) is 0 Å². The minimum Gasteiger partial charge on any atom is -0.316 e.